The second kappa shape index (κ2) is 15.9. The van der Waals surface area contributed by atoms with Gasteiger partial charge in [0.15, 0.2) is 0 Å². The SMILES string of the molecule is Cc1ccc(-c2ccc(C=C(NC(=O)c3ccccc3)C(=O)Nc3ccc(SC(C(=O)Nc4ccccc4C)c4ccccc4)cc3)o2)cc1. The highest BCUT2D eigenvalue weighted by Gasteiger charge is 2.23. The number of aryl methyl sites for hydroxylation is 2. The number of rotatable bonds is 11. The molecule has 6 aromatic rings. The van der Waals surface area contributed by atoms with E-state index in [4.69, 9.17) is 4.42 Å². The molecule has 3 amide bonds. The summed E-state index contributed by atoms with van der Waals surface area (Å²) >= 11 is 1.41. The molecule has 5 aromatic carbocycles. The molecule has 1 heterocycles. The van der Waals surface area contributed by atoms with E-state index in [0.717, 1.165) is 32.8 Å². The molecule has 0 aliphatic rings. The van der Waals surface area contributed by atoms with Gasteiger partial charge in [0.05, 0.1) is 0 Å². The Hall–Kier alpha value is -6.12. The molecule has 1 atom stereocenters. The Balaban J connectivity index is 1.20. The van der Waals surface area contributed by atoms with Gasteiger partial charge in [0, 0.05) is 33.5 Å². The van der Waals surface area contributed by atoms with Crippen LogP contribution < -0.4 is 16.0 Å². The van der Waals surface area contributed by atoms with Crippen LogP contribution in [-0.2, 0) is 9.59 Å². The molecule has 0 bridgehead atoms. The van der Waals surface area contributed by atoms with Crippen molar-refractivity contribution in [3.63, 3.8) is 0 Å². The van der Waals surface area contributed by atoms with E-state index >= 15 is 0 Å². The minimum absolute atomic E-state index is 0.0131. The zero-order valence-electron chi connectivity index (χ0n) is 27.6. The number of anilines is 2. The first-order valence-electron chi connectivity index (χ1n) is 16.1. The first-order chi connectivity index (χ1) is 24.3. The van der Waals surface area contributed by atoms with Crippen LogP contribution in [0.15, 0.2) is 161 Å². The first kappa shape index (κ1) is 33.8. The lowest BCUT2D eigenvalue weighted by atomic mass is 10.1. The highest BCUT2D eigenvalue weighted by atomic mass is 32.2. The fourth-order valence-corrected chi connectivity index (χ4v) is 6.18. The van der Waals surface area contributed by atoms with Gasteiger partial charge < -0.3 is 20.4 Å². The van der Waals surface area contributed by atoms with Gasteiger partial charge in [-0.05, 0) is 79.6 Å². The van der Waals surface area contributed by atoms with Crippen molar-refractivity contribution in [2.24, 2.45) is 0 Å². The maximum absolute atomic E-state index is 13.6. The quantitative estimate of drug-likeness (QED) is 0.0937. The predicted octanol–water partition coefficient (Wildman–Crippen LogP) is 9.45. The lowest BCUT2D eigenvalue weighted by Crippen LogP contribution is -2.30. The summed E-state index contributed by atoms with van der Waals surface area (Å²) in [5.41, 5.74) is 5.58. The van der Waals surface area contributed by atoms with E-state index < -0.39 is 17.1 Å². The zero-order valence-corrected chi connectivity index (χ0v) is 28.4. The van der Waals surface area contributed by atoms with Crippen LogP contribution in [-0.4, -0.2) is 17.7 Å². The Morgan fingerprint density at radius 2 is 1.34 bits per heavy atom. The van der Waals surface area contributed by atoms with Gasteiger partial charge in [-0.2, -0.15) is 0 Å². The summed E-state index contributed by atoms with van der Waals surface area (Å²) in [6.07, 6.45) is 1.51. The summed E-state index contributed by atoms with van der Waals surface area (Å²) in [5.74, 6) is -0.0513. The van der Waals surface area contributed by atoms with Crippen LogP contribution in [0.3, 0.4) is 0 Å². The molecule has 1 aromatic heterocycles. The Morgan fingerprint density at radius 3 is 2.04 bits per heavy atom. The highest BCUT2D eigenvalue weighted by molar-refractivity contribution is 8.00. The van der Waals surface area contributed by atoms with E-state index in [1.807, 2.05) is 117 Å². The lowest BCUT2D eigenvalue weighted by Gasteiger charge is -2.18. The lowest BCUT2D eigenvalue weighted by molar-refractivity contribution is -0.116. The van der Waals surface area contributed by atoms with E-state index in [0.29, 0.717) is 22.8 Å². The molecule has 0 radical (unpaired) electrons. The second-order valence-electron chi connectivity index (χ2n) is 11.6. The molecule has 0 aliphatic heterocycles. The number of hydrogen-bond donors (Lipinski definition) is 3. The molecular formula is C42H35N3O4S. The van der Waals surface area contributed by atoms with Crippen molar-refractivity contribution < 1.29 is 18.8 Å². The second-order valence-corrected chi connectivity index (χ2v) is 12.8. The average Bonchev–Trinajstić information content (AvgIpc) is 3.61. The van der Waals surface area contributed by atoms with Crippen molar-refractivity contribution >= 4 is 46.9 Å². The molecule has 7 nitrogen and oxygen atoms in total. The van der Waals surface area contributed by atoms with Crippen molar-refractivity contribution in [3.8, 4) is 11.3 Å². The highest BCUT2D eigenvalue weighted by Crippen LogP contribution is 2.37. The third kappa shape index (κ3) is 8.66. The van der Waals surface area contributed by atoms with Gasteiger partial charge in [-0.1, -0.05) is 96.6 Å². The van der Waals surface area contributed by atoms with E-state index in [-0.39, 0.29) is 11.6 Å². The summed E-state index contributed by atoms with van der Waals surface area (Å²) in [5, 5.41) is 8.19. The summed E-state index contributed by atoms with van der Waals surface area (Å²) in [7, 11) is 0. The minimum Gasteiger partial charge on any atom is -0.457 e. The molecule has 0 fully saturated rings. The number of hydrogen-bond acceptors (Lipinski definition) is 5. The Bertz CT molecular complexity index is 2120. The number of thioether (sulfide) groups is 1. The molecular weight excluding hydrogens is 643 g/mol. The number of para-hydroxylation sites is 1. The van der Waals surface area contributed by atoms with Gasteiger partial charge in [0.1, 0.15) is 22.5 Å². The number of carbonyl (C=O) groups is 3. The Labute approximate surface area is 295 Å². The Morgan fingerprint density at radius 1 is 0.680 bits per heavy atom. The number of benzene rings is 5. The number of carbonyl (C=O) groups excluding carboxylic acids is 3. The molecule has 50 heavy (non-hydrogen) atoms. The van der Waals surface area contributed by atoms with Crippen molar-refractivity contribution in [1.82, 2.24) is 5.32 Å². The monoisotopic (exact) mass is 677 g/mol. The van der Waals surface area contributed by atoms with Crippen LogP contribution in [0.2, 0.25) is 0 Å². The summed E-state index contributed by atoms with van der Waals surface area (Å²) < 4.78 is 6.04. The molecule has 248 valence electrons. The van der Waals surface area contributed by atoms with E-state index in [1.165, 1.54) is 17.8 Å². The zero-order chi connectivity index (χ0) is 34.9. The summed E-state index contributed by atoms with van der Waals surface area (Å²) in [6.45, 7) is 3.97. The van der Waals surface area contributed by atoms with Crippen LogP contribution >= 0.6 is 11.8 Å². The van der Waals surface area contributed by atoms with Crippen molar-refractivity contribution in [2.45, 2.75) is 24.0 Å². The normalized spacial score (nSPS) is 11.8. The van der Waals surface area contributed by atoms with Crippen molar-refractivity contribution in [2.75, 3.05) is 10.6 Å². The van der Waals surface area contributed by atoms with Gasteiger partial charge in [-0.15, -0.1) is 11.8 Å². The van der Waals surface area contributed by atoms with E-state index in [9.17, 15) is 14.4 Å². The van der Waals surface area contributed by atoms with Crippen LogP contribution in [0.4, 0.5) is 11.4 Å². The largest absolute Gasteiger partial charge is 0.457 e. The van der Waals surface area contributed by atoms with Crippen LogP contribution in [0.5, 0.6) is 0 Å². The predicted molar refractivity (Wildman–Crippen MR) is 201 cm³/mol. The van der Waals surface area contributed by atoms with Gasteiger partial charge in [0.25, 0.3) is 11.8 Å². The van der Waals surface area contributed by atoms with Crippen LogP contribution in [0.25, 0.3) is 17.4 Å². The Kier molecular flexibility index (Phi) is 10.7. The number of furan rings is 1. The third-order valence-corrected chi connectivity index (χ3v) is 9.15. The molecule has 0 aliphatic carbocycles. The third-order valence-electron chi connectivity index (χ3n) is 7.89. The molecule has 3 N–H and O–H groups in total. The fourth-order valence-electron chi connectivity index (χ4n) is 5.15. The molecule has 6 rings (SSSR count). The maximum Gasteiger partial charge on any atom is 0.272 e. The topological polar surface area (TPSA) is 100 Å². The van der Waals surface area contributed by atoms with Crippen LogP contribution in [0.1, 0.15) is 38.1 Å². The first-order valence-corrected chi connectivity index (χ1v) is 16.9. The fraction of sp³-hybridized carbons (Fsp3) is 0.0714. The molecule has 0 spiro atoms. The molecule has 1 unspecified atom stereocenters. The minimum atomic E-state index is -0.525. The summed E-state index contributed by atoms with van der Waals surface area (Å²) in [6, 6.07) is 44.7. The number of amides is 3. The van der Waals surface area contributed by atoms with Gasteiger partial charge in [-0.3, -0.25) is 14.4 Å². The molecule has 0 saturated heterocycles. The average molecular weight is 678 g/mol. The van der Waals surface area contributed by atoms with Crippen molar-refractivity contribution in [3.05, 3.63) is 179 Å². The smallest absolute Gasteiger partial charge is 0.272 e. The number of nitrogens with one attached hydrogen (secondary N) is 3. The van der Waals surface area contributed by atoms with Gasteiger partial charge in [-0.25, -0.2) is 0 Å². The van der Waals surface area contributed by atoms with Crippen molar-refractivity contribution in [1.29, 1.82) is 0 Å². The molecule has 0 saturated carbocycles. The van der Waals surface area contributed by atoms with Gasteiger partial charge >= 0.3 is 0 Å². The van der Waals surface area contributed by atoms with Crippen LogP contribution in [0, 0.1) is 13.8 Å². The van der Waals surface area contributed by atoms with E-state index in [1.54, 1.807) is 42.5 Å². The van der Waals surface area contributed by atoms with Gasteiger partial charge in [0.2, 0.25) is 5.91 Å². The molecule has 8 heteroatoms. The maximum atomic E-state index is 13.6. The van der Waals surface area contributed by atoms with E-state index in [2.05, 4.69) is 16.0 Å². The summed E-state index contributed by atoms with van der Waals surface area (Å²) in [4.78, 5) is 41.2. The standard InChI is InChI=1S/C42H35N3O4S/c1-28-17-19-30(20-18-28)38-26-23-34(49-38)27-37(45-40(46)32-14-7-4-8-15-32)41(47)43-33-21-24-35(25-22-33)50-39(31-12-5-3-6-13-31)42(48)44-36-16-10-9-11-29(36)2/h3-27,39H,1-2H3,(H,43,47)(H,44,48)(H,45,46).